The number of anilines is 1. The molecular weight excluding hydrogens is 252 g/mol. The minimum absolute atomic E-state index is 0.358. The molecule has 2 aromatic rings. The molecule has 5 nitrogen and oxygen atoms in total. The van der Waals surface area contributed by atoms with Crippen molar-refractivity contribution in [2.45, 2.75) is 13.0 Å². The van der Waals surface area contributed by atoms with Crippen molar-refractivity contribution in [1.82, 2.24) is 10.3 Å². The van der Waals surface area contributed by atoms with Crippen molar-refractivity contribution in [1.29, 1.82) is 5.26 Å². The van der Waals surface area contributed by atoms with E-state index in [0.717, 1.165) is 10.9 Å². The van der Waals surface area contributed by atoms with Crippen LogP contribution in [0.25, 0.3) is 10.9 Å². The van der Waals surface area contributed by atoms with Crippen LogP contribution in [0.5, 0.6) is 0 Å². The van der Waals surface area contributed by atoms with Gasteiger partial charge in [0.05, 0.1) is 17.2 Å². The second-order valence-electron chi connectivity index (χ2n) is 4.67. The normalized spacial score (nSPS) is 12.1. The molecule has 1 unspecified atom stereocenters. The number of aliphatic hydroxyl groups excluding tert-OH is 1. The number of hydrogen-bond acceptors (Lipinski definition) is 5. The van der Waals surface area contributed by atoms with E-state index in [4.69, 9.17) is 5.11 Å². The van der Waals surface area contributed by atoms with Crippen LogP contribution in [0.15, 0.2) is 30.3 Å². The average Bonchev–Trinajstić information content (AvgIpc) is 2.45. The maximum Gasteiger partial charge on any atom is 0.144 e. The molecule has 1 aromatic heterocycles. The largest absolute Gasteiger partial charge is 0.392 e. The molecule has 0 bridgehead atoms. The fourth-order valence-electron chi connectivity index (χ4n) is 1.92. The number of pyridine rings is 1. The van der Waals surface area contributed by atoms with Gasteiger partial charge in [-0.15, -0.1) is 0 Å². The molecule has 0 fully saturated rings. The van der Waals surface area contributed by atoms with Gasteiger partial charge in [0.15, 0.2) is 0 Å². The average molecular weight is 270 g/mol. The molecule has 104 valence electrons. The predicted octanol–water partition coefficient (Wildman–Crippen LogP) is 1.49. The number of benzene rings is 1. The Morgan fingerprint density at radius 3 is 2.90 bits per heavy atom. The third-order valence-electron chi connectivity index (χ3n) is 2.88. The van der Waals surface area contributed by atoms with E-state index in [1.54, 1.807) is 6.92 Å². The molecule has 0 saturated heterocycles. The zero-order valence-electron chi connectivity index (χ0n) is 11.4. The van der Waals surface area contributed by atoms with Crippen LogP contribution >= 0.6 is 0 Å². The summed E-state index contributed by atoms with van der Waals surface area (Å²) in [5.41, 5.74) is 1.41. The summed E-state index contributed by atoms with van der Waals surface area (Å²) in [4.78, 5) is 4.47. The van der Waals surface area contributed by atoms with Crippen LogP contribution in [-0.2, 0) is 0 Å². The van der Waals surface area contributed by atoms with Crippen LogP contribution in [0.2, 0.25) is 0 Å². The Morgan fingerprint density at radius 1 is 1.35 bits per heavy atom. The highest BCUT2D eigenvalue weighted by Crippen LogP contribution is 2.19. The SMILES string of the molecule is CC(O)CNCCNc1nc2ccccc2cc1C#N. The van der Waals surface area contributed by atoms with E-state index in [1.165, 1.54) is 0 Å². The Labute approximate surface area is 118 Å². The minimum atomic E-state index is -0.358. The molecule has 20 heavy (non-hydrogen) atoms. The van der Waals surface area contributed by atoms with E-state index in [-0.39, 0.29) is 6.10 Å². The van der Waals surface area contributed by atoms with Crippen molar-refractivity contribution < 1.29 is 5.11 Å². The number of hydrogen-bond donors (Lipinski definition) is 3. The summed E-state index contributed by atoms with van der Waals surface area (Å²) in [6.45, 7) is 3.63. The van der Waals surface area contributed by atoms with Gasteiger partial charge in [0.25, 0.3) is 0 Å². The highest BCUT2D eigenvalue weighted by atomic mass is 16.3. The summed E-state index contributed by atoms with van der Waals surface area (Å²) in [6, 6.07) is 11.7. The number of nitrogens with zero attached hydrogens (tertiary/aromatic N) is 2. The van der Waals surface area contributed by atoms with E-state index in [0.29, 0.717) is 31.0 Å². The first-order chi connectivity index (χ1) is 9.70. The monoisotopic (exact) mass is 270 g/mol. The molecule has 1 atom stereocenters. The van der Waals surface area contributed by atoms with Crippen molar-refractivity contribution in [3.63, 3.8) is 0 Å². The van der Waals surface area contributed by atoms with Gasteiger partial charge in [-0.3, -0.25) is 0 Å². The number of aromatic nitrogens is 1. The molecule has 0 aliphatic heterocycles. The molecule has 0 aliphatic rings. The first kappa shape index (κ1) is 14.3. The first-order valence-corrected chi connectivity index (χ1v) is 6.63. The molecule has 1 heterocycles. The Hall–Kier alpha value is -2.16. The Kier molecular flexibility index (Phi) is 4.88. The van der Waals surface area contributed by atoms with Crippen LogP contribution in [0.3, 0.4) is 0 Å². The number of para-hydroxylation sites is 1. The van der Waals surface area contributed by atoms with Gasteiger partial charge in [0, 0.05) is 25.0 Å². The zero-order chi connectivity index (χ0) is 14.4. The highest BCUT2D eigenvalue weighted by Gasteiger charge is 2.05. The molecule has 2 rings (SSSR count). The van der Waals surface area contributed by atoms with E-state index in [2.05, 4.69) is 21.7 Å². The van der Waals surface area contributed by atoms with Crippen molar-refractivity contribution in [3.05, 3.63) is 35.9 Å². The van der Waals surface area contributed by atoms with Crippen molar-refractivity contribution in [2.75, 3.05) is 25.0 Å². The topological polar surface area (TPSA) is 81.0 Å². The molecule has 0 aliphatic carbocycles. The third-order valence-corrected chi connectivity index (χ3v) is 2.88. The lowest BCUT2D eigenvalue weighted by Gasteiger charge is -2.10. The fourth-order valence-corrected chi connectivity index (χ4v) is 1.92. The molecule has 0 spiro atoms. The maximum absolute atomic E-state index is 9.17. The fraction of sp³-hybridized carbons (Fsp3) is 0.333. The van der Waals surface area contributed by atoms with Crippen molar-refractivity contribution in [2.24, 2.45) is 0 Å². The molecule has 5 heteroatoms. The van der Waals surface area contributed by atoms with Crippen LogP contribution in [0, 0.1) is 11.3 Å². The Bertz CT molecular complexity index is 619. The van der Waals surface area contributed by atoms with Crippen LogP contribution in [0.4, 0.5) is 5.82 Å². The van der Waals surface area contributed by atoms with Gasteiger partial charge >= 0.3 is 0 Å². The minimum Gasteiger partial charge on any atom is -0.392 e. The second-order valence-corrected chi connectivity index (χ2v) is 4.67. The summed E-state index contributed by atoms with van der Waals surface area (Å²) >= 11 is 0. The standard InChI is InChI=1S/C15H18N4O/c1-11(20)10-17-6-7-18-15-13(9-16)8-12-4-2-3-5-14(12)19-15/h2-5,8,11,17,20H,6-7,10H2,1H3,(H,18,19). The van der Waals surface area contributed by atoms with Gasteiger partial charge in [-0.05, 0) is 19.1 Å². The summed E-state index contributed by atoms with van der Waals surface area (Å²) in [5, 5.41) is 25.5. The second kappa shape index (κ2) is 6.85. The van der Waals surface area contributed by atoms with Gasteiger partial charge in [0.2, 0.25) is 0 Å². The number of nitrogens with one attached hydrogen (secondary N) is 2. The van der Waals surface area contributed by atoms with E-state index in [1.807, 2.05) is 30.3 Å². The molecule has 3 N–H and O–H groups in total. The van der Waals surface area contributed by atoms with E-state index >= 15 is 0 Å². The van der Waals surface area contributed by atoms with Crippen LogP contribution < -0.4 is 10.6 Å². The lowest BCUT2D eigenvalue weighted by atomic mass is 10.1. The smallest absolute Gasteiger partial charge is 0.144 e. The lowest BCUT2D eigenvalue weighted by Crippen LogP contribution is -2.29. The van der Waals surface area contributed by atoms with E-state index < -0.39 is 0 Å². The van der Waals surface area contributed by atoms with Gasteiger partial charge in [-0.1, -0.05) is 18.2 Å². The Morgan fingerprint density at radius 2 is 2.15 bits per heavy atom. The highest BCUT2D eigenvalue weighted by molar-refractivity contribution is 5.82. The summed E-state index contributed by atoms with van der Waals surface area (Å²) in [5.74, 6) is 0.602. The predicted molar refractivity (Wildman–Crippen MR) is 79.5 cm³/mol. The number of fused-ring (bicyclic) bond motifs is 1. The van der Waals surface area contributed by atoms with Crippen molar-refractivity contribution >= 4 is 16.7 Å². The molecule has 0 saturated carbocycles. The van der Waals surface area contributed by atoms with Crippen LogP contribution in [0.1, 0.15) is 12.5 Å². The van der Waals surface area contributed by atoms with Crippen LogP contribution in [-0.4, -0.2) is 35.8 Å². The van der Waals surface area contributed by atoms with Gasteiger partial charge in [-0.25, -0.2) is 4.98 Å². The van der Waals surface area contributed by atoms with Crippen molar-refractivity contribution in [3.8, 4) is 6.07 Å². The van der Waals surface area contributed by atoms with Gasteiger partial charge in [0.1, 0.15) is 11.9 Å². The third kappa shape index (κ3) is 3.67. The summed E-state index contributed by atoms with van der Waals surface area (Å²) < 4.78 is 0. The summed E-state index contributed by atoms with van der Waals surface area (Å²) in [7, 11) is 0. The maximum atomic E-state index is 9.17. The first-order valence-electron chi connectivity index (χ1n) is 6.63. The van der Waals surface area contributed by atoms with E-state index in [9.17, 15) is 5.26 Å². The molecule has 1 aromatic carbocycles. The number of aliphatic hydroxyl groups is 1. The quantitative estimate of drug-likeness (QED) is 0.693. The lowest BCUT2D eigenvalue weighted by molar-refractivity contribution is 0.192. The molecule has 0 radical (unpaired) electrons. The van der Waals surface area contributed by atoms with Gasteiger partial charge < -0.3 is 15.7 Å². The Balaban J connectivity index is 2.03. The molecular formula is C15H18N4O. The number of nitriles is 1. The number of rotatable bonds is 6. The zero-order valence-corrected chi connectivity index (χ0v) is 11.4. The molecule has 0 amide bonds. The summed E-state index contributed by atoms with van der Waals surface area (Å²) in [6.07, 6.45) is -0.358. The van der Waals surface area contributed by atoms with Gasteiger partial charge in [-0.2, -0.15) is 5.26 Å².